The monoisotopic (exact) mass is 293 g/mol. The zero-order valence-corrected chi connectivity index (χ0v) is 12.8. The second-order valence-electron chi connectivity index (χ2n) is 7.37. The summed E-state index contributed by atoms with van der Waals surface area (Å²) in [5.74, 6) is 1.08. The molecule has 2 fully saturated rings. The number of aromatic nitrogens is 2. The molecule has 21 heavy (non-hydrogen) atoms. The zero-order valence-electron chi connectivity index (χ0n) is 12.8. The second-order valence-corrected chi connectivity index (χ2v) is 7.37. The Labute approximate surface area is 124 Å². The van der Waals surface area contributed by atoms with E-state index in [1.54, 1.807) is 0 Å². The van der Waals surface area contributed by atoms with Crippen LogP contribution in [0.3, 0.4) is 0 Å². The van der Waals surface area contributed by atoms with Crippen molar-refractivity contribution in [2.24, 2.45) is 17.8 Å². The Balaban J connectivity index is 1.65. The molecule has 1 aromatic rings. The number of aliphatic carboxylic acids is 1. The summed E-state index contributed by atoms with van der Waals surface area (Å²) in [6.45, 7) is 6.54. The van der Waals surface area contributed by atoms with E-state index in [1.165, 1.54) is 0 Å². The maximum Gasteiger partial charge on any atom is 0.308 e. The summed E-state index contributed by atoms with van der Waals surface area (Å²) in [5.41, 5.74) is -0.165. The minimum Gasteiger partial charge on any atom is -0.481 e. The maximum atomic E-state index is 11.5. The fraction of sp³-hybridized carbons (Fsp3) is 0.800. The fourth-order valence-corrected chi connectivity index (χ4v) is 3.78. The molecule has 0 aliphatic heterocycles. The minimum atomic E-state index is -0.678. The molecule has 0 spiro atoms. The van der Waals surface area contributed by atoms with E-state index in [0.29, 0.717) is 30.1 Å². The maximum absolute atomic E-state index is 11.5. The van der Waals surface area contributed by atoms with Gasteiger partial charge >= 0.3 is 5.97 Å². The molecule has 2 aliphatic carbocycles. The number of nitrogens with zero attached hydrogens (tertiary/aromatic N) is 2. The summed E-state index contributed by atoms with van der Waals surface area (Å²) in [6, 6.07) is 0.0397. The number of carbonyl (C=O) groups is 1. The van der Waals surface area contributed by atoms with Crippen LogP contribution in [0.1, 0.15) is 51.7 Å². The average molecular weight is 293 g/mol. The third-order valence-electron chi connectivity index (χ3n) is 4.81. The molecular formula is C15H23N3O3. The molecule has 0 amide bonds. The van der Waals surface area contributed by atoms with Gasteiger partial charge in [-0.05, 0) is 31.1 Å². The number of nitrogens with one attached hydrogen (secondary N) is 1. The standard InChI is InChI=1S/C15H23N3O3/c1-15(2,3)14-17-10(18-21-14)7-16-12-9-5-4-8(6-9)11(12)13(19)20/h8-9,11-12,16H,4-7H2,1-3H3,(H,19,20). The molecule has 4 atom stereocenters. The SMILES string of the molecule is CC(C)(C)c1nc(CNC2C3CCC(C3)C2C(=O)O)no1. The van der Waals surface area contributed by atoms with Gasteiger partial charge in [-0.25, -0.2) is 0 Å². The van der Waals surface area contributed by atoms with Crippen molar-refractivity contribution in [1.29, 1.82) is 0 Å². The van der Waals surface area contributed by atoms with Crippen molar-refractivity contribution in [3.8, 4) is 0 Å². The highest BCUT2D eigenvalue weighted by Crippen LogP contribution is 2.48. The van der Waals surface area contributed by atoms with Gasteiger partial charge in [0.25, 0.3) is 0 Å². The van der Waals surface area contributed by atoms with Crippen LogP contribution >= 0.6 is 0 Å². The summed E-state index contributed by atoms with van der Waals surface area (Å²) in [7, 11) is 0. The van der Waals surface area contributed by atoms with Gasteiger partial charge in [0.1, 0.15) is 0 Å². The zero-order chi connectivity index (χ0) is 15.2. The third-order valence-corrected chi connectivity index (χ3v) is 4.81. The summed E-state index contributed by atoms with van der Waals surface area (Å²) in [5, 5.41) is 16.8. The number of rotatable bonds is 4. The van der Waals surface area contributed by atoms with E-state index in [0.717, 1.165) is 19.3 Å². The minimum absolute atomic E-state index is 0.0397. The van der Waals surface area contributed by atoms with E-state index in [2.05, 4.69) is 15.5 Å². The Morgan fingerprint density at radius 3 is 2.71 bits per heavy atom. The third kappa shape index (κ3) is 2.69. The van der Waals surface area contributed by atoms with Crippen LogP contribution in [0.4, 0.5) is 0 Å². The van der Waals surface area contributed by atoms with Crippen molar-refractivity contribution in [2.45, 2.75) is 58.0 Å². The number of fused-ring (bicyclic) bond motifs is 2. The van der Waals surface area contributed by atoms with E-state index in [4.69, 9.17) is 4.52 Å². The van der Waals surface area contributed by atoms with Crippen LogP contribution < -0.4 is 5.32 Å². The van der Waals surface area contributed by atoms with E-state index in [9.17, 15) is 9.90 Å². The molecular weight excluding hydrogens is 270 g/mol. The van der Waals surface area contributed by atoms with Gasteiger partial charge in [0.05, 0.1) is 12.5 Å². The number of hydrogen-bond donors (Lipinski definition) is 2. The highest BCUT2D eigenvalue weighted by Gasteiger charge is 2.50. The first-order valence-electron chi connectivity index (χ1n) is 7.65. The van der Waals surface area contributed by atoms with Crippen molar-refractivity contribution in [2.75, 3.05) is 0 Å². The highest BCUT2D eigenvalue weighted by molar-refractivity contribution is 5.72. The lowest BCUT2D eigenvalue weighted by Crippen LogP contribution is -2.44. The molecule has 0 aromatic carbocycles. The molecule has 2 bridgehead atoms. The van der Waals surface area contributed by atoms with Gasteiger partial charge in [-0.1, -0.05) is 25.9 Å². The van der Waals surface area contributed by atoms with Gasteiger partial charge in [-0.3, -0.25) is 4.79 Å². The van der Waals surface area contributed by atoms with Crippen LogP contribution in [0.25, 0.3) is 0 Å². The van der Waals surface area contributed by atoms with E-state index < -0.39 is 5.97 Å². The normalized spacial score (nSPS) is 31.8. The molecule has 0 radical (unpaired) electrons. The molecule has 2 N–H and O–H groups in total. The highest BCUT2D eigenvalue weighted by atomic mass is 16.5. The first-order valence-corrected chi connectivity index (χ1v) is 7.65. The van der Waals surface area contributed by atoms with E-state index in [-0.39, 0.29) is 17.4 Å². The van der Waals surface area contributed by atoms with Crippen molar-refractivity contribution in [1.82, 2.24) is 15.5 Å². The summed E-state index contributed by atoms with van der Waals surface area (Å²) < 4.78 is 5.26. The molecule has 116 valence electrons. The van der Waals surface area contributed by atoms with Crippen LogP contribution in [0.2, 0.25) is 0 Å². The van der Waals surface area contributed by atoms with Gasteiger partial charge in [0.15, 0.2) is 5.82 Å². The van der Waals surface area contributed by atoms with Gasteiger partial charge < -0.3 is 14.9 Å². The summed E-state index contributed by atoms with van der Waals surface area (Å²) in [4.78, 5) is 15.8. The van der Waals surface area contributed by atoms with Crippen molar-refractivity contribution < 1.29 is 14.4 Å². The molecule has 1 aromatic heterocycles. The van der Waals surface area contributed by atoms with Crippen molar-refractivity contribution in [3.63, 3.8) is 0 Å². The number of carboxylic acids is 1. The van der Waals surface area contributed by atoms with E-state index >= 15 is 0 Å². The predicted molar refractivity (Wildman–Crippen MR) is 75.6 cm³/mol. The topological polar surface area (TPSA) is 88.2 Å². The largest absolute Gasteiger partial charge is 0.481 e. The lowest BCUT2D eigenvalue weighted by atomic mass is 9.84. The lowest BCUT2D eigenvalue weighted by Gasteiger charge is -2.28. The Kier molecular flexibility index (Phi) is 3.51. The molecule has 2 aliphatic rings. The quantitative estimate of drug-likeness (QED) is 0.882. The molecule has 6 heteroatoms. The Morgan fingerprint density at radius 1 is 1.38 bits per heavy atom. The van der Waals surface area contributed by atoms with Gasteiger partial charge in [-0.15, -0.1) is 0 Å². The average Bonchev–Trinajstić information content (AvgIpc) is 3.09. The Hall–Kier alpha value is -1.43. The van der Waals surface area contributed by atoms with Gasteiger partial charge in [0.2, 0.25) is 5.89 Å². The van der Waals surface area contributed by atoms with Crippen LogP contribution in [-0.4, -0.2) is 27.3 Å². The number of carboxylic acid groups (broad SMARTS) is 1. The van der Waals surface area contributed by atoms with Crippen LogP contribution in [0.15, 0.2) is 4.52 Å². The first kappa shape index (κ1) is 14.5. The Bertz CT molecular complexity index is 535. The van der Waals surface area contributed by atoms with Gasteiger partial charge in [0, 0.05) is 11.5 Å². The summed E-state index contributed by atoms with van der Waals surface area (Å²) >= 11 is 0. The van der Waals surface area contributed by atoms with Gasteiger partial charge in [-0.2, -0.15) is 4.98 Å². The smallest absolute Gasteiger partial charge is 0.308 e. The second kappa shape index (κ2) is 5.09. The Morgan fingerprint density at radius 2 is 2.10 bits per heavy atom. The first-order chi connectivity index (χ1) is 9.86. The number of hydrogen-bond acceptors (Lipinski definition) is 5. The molecule has 1 heterocycles. The molecule has 3 rings (SSSR count). The van der Waals surface area contributed by atoms with Crippen LogP contribution in [0, 0.1) is 17.8 Å². The lowest BCUT2D eigenvalue weighted by molar-refractivity contribution is -0.144. The van der Waals surface area contributed by atoms with Crippen LogP contribution in [0.5, 0.6) is 0 Å². The van der Waals surface area contributed by atoms with Crippen molar-refractivity contribution in [3.05, 3.63) is 11.7 Å². The molecule has 0 saturated heterocycles. The molecule has 2 saturated carbocycles. The summed E-state index contributed by atoms with van der Waals surface area (Å²) in [6.07, 6.45) is 3.22. The van der Waals surface area contributed by atoms with Crippen molar-refractivity contribution >= 4 is 5.97 Å². The molecule has 6 nitrogen and oxygen atoms in total. The molecule has 4 unspecified atom stereocenters. The fourth-order valence-electron chi connectivity index (χ4n) is 3.78. The van der Waals surface area contributed by atoms with Crippen LogP contribution in [-0.2, 0) is 16.8 Å². The predicted octanol–water partition coefficient (Wildman–Crippen LogP) is 1.96. The van der Waals surface area contributed by atoms with E-state index in [1.807, 2.05) is 20.8 Å².